The molecule has 2 aliphatic carbocycles. The topological polar surface area (TPSA) is 113 Å². The maximum atomic E-state index is 12.1. The zero-order valence-electron chi connectivity index (χ0n) is 15.5. The van der Waals surface area contributed by atoms with Crippen LogP contribution in [0.15, 0.2) is 0 Å². The highest BCUT2D eigenvalue weighted by Crippen LogP contribution is 2.71. The van der Waals surface area contributed by atoms with Gasteiger partial charge in [0.05, 0.1) is 42.2 Å². The molecule has 2 heterocycles. The molecule has 3 N–H and O–H groups in total. The Morgan fingerprint density at radius 2 is 1.88 bits per heavy atom. The van der Waals surface area contributed by atoms with Gasteiger partial charge in [0.1, 0.15) is 6.10 Å². The van der Waals surface area contributed by atoms with E-state index in [9.17, 15) is 19.8 Å². The van der Waals surface area contributed by atoms with Crippen LogP contribution in [-0.4, -0.2) is 56.8 Å². The third-order valence-electron chi connectivity index (χ3n) is 7.64. The standard InChI is InChI=1S/C19H28O7/c1-17(2)8-9-12-14(23)16(25-11(22)5-4-10(20)21)13-15(12)26-19(9,17)7-6-18(13,3)24/h9,12-16,23-24H,4-8H2,1-3H3,(H,20,21)/t9-,12-,13-,14-,15+,16-,18-,19+/m1/s1. The Kier molecular flexibility index (Phi) is 3.80. The lowest BCUT2D eigenvalue weighted by Crippen LogP contribution is -2.61. The van der Waals surface area contributed by atoms with Gasteiger partial charge < -0.3 is 24.8 Å². The molecule has 0 aromatic rings. The van der Waals surface area contributed by atoms with Gasteiger partial charge in [-0.2, -0.15) is 0 Å². The SMILES string of the molecule is CC1(C)C[C@@H]2[C@@H]3[C@@H](O)[C@H](OC(=O)CCC(=O)O)[C@H]4[C@H]3O[C@@]21CC[C@@]4(C)O. The summed E-state index contributed by atoms with van der Waals surface area (Å²) in [5.41, 5.74) is -1.43. The fourth-order valence-electron chi connectivity index (χ4n) is 6.32. The Morgan fingerprint density at radius 3 is 2.50 bits per heavy atom. The highest BCUT2D eigenvalue weighted by atomic mass is 16.6. The largest absolute Gasteiger partial charge is 0.481 e. The molecule has 4 fully saturated rings. The summed E-state index contributed by atoms with van der Waals surface area (Å²) in [7, 11) is 0. The van der Waals surface area contributed by atoms with Crippen molar-refractivity contribution in [2.45, 2.75) is 82.4 Å². The third kappa shape index (κ3) is 2.23. The van der Waals surface area contributed by atoms with Crippen molar-refractivity contribution in [1.82, 2.24) is 0 Å². The van der Waals surface area contributed by atoms with Crippen LogP contribution in [0.5, 0.6) is 0 Å². The van der Waals surface area contributed by atoms with E-state index in [4.69, 9.17) is 14.6 Å². The lowest BCUT2D eigenvalue weighted by atomic mass is 9.48. The normalized spacial score (nSPS) is 50.5. The molecule has 0 unspecified atom stereocenters. The molecular formula is C19H28O7. The smallest absolute Gasteiger partial charge is 0.306 e. The van der Waals surface area contributed by atoms with E-state index >= 15 is 0 Å². The van der Waals surface area contributed by atoms with Crippen molar-refractivity contribution in [2.24, 2.45) is 23.2 Å². The second-order valence-electron chi connectivity index (χ2n) is 9.47. The van der Waals surface area contributed by atoms with Gasteiger partial charge in [-0.15, -0.1) is 0 Å². The first-order valence-electron chi connectivity index (χ1n) is 9.50. The number of hydrogen-bond donors (Lipinski definition) is 3. The first kappa shape index (κ1) is 18.2. The van der Waals surface area contributed by atoms with E-state index in [1.54, 1.807) is 6.92 Å². The number of carboxylic acid groups (broad SMARTS) is 1. The van der Waals surface area contributed by atoms with E-state index in [2.05, 4.69) is 13.8 Å². The van der Waals surface area contributed by atoms with Crippen LogP contribution in [0.3, 0.4) is 0 Å². The molecule has 4 aliphatic rings. The molecule has 0 aromatic heterocycles. The number of aliphatic hydroxyl groups is 2. The number of ether oxygens (including phenoxy) is 2. The predicted octanol–water partition coefficient (Wildman–Crippen LogP) is 1.10. The number of fused-ring (bicyclic) bond motifs is 1. The van der Waals surface area contributed by atoms with Gasteiger partial charge in [0.25, 0.3) is 0 Å². The molecule has 26 heavy (non-hydrogen) atoms. The number of carbonyl (C=O) groups is 2. The lowest BCUT2D eigenvalue weighted by molar-refractivity contribution is -0.214. The summed E-state index contributed by atoms with van der Waals surface area (Å²) in [4.78, 5) is 22.8. The summed E-state index contributed by atoms with van der Waals surface area (Å²) in [6, 6.07) is 0. The number of carbonyl (C=O) groups excluding carboxylic acids is 1. The van der Waals surface area contributed by atoms with Gasteiger partial charge >= 0.3 is 11.9 Å². The Hall–Kier alpha value is -1.18. The quantitative estimate of drug-likeness (QED) is 0.637. The summed E-state index contributed by atoms with van der Waals surface area (Å²) >= 11 is 0. The molecule has 8 atom stereocenters. The van der Waals surface area contributed by atoms with Crippen molar-refractivity contribution < 1.29 is 34.4 Å². The van der Waals surface area contributed by atoms with E-state index in [0.29, 0.717) is 6.42 Å². The highest BCUT2D eigenvalue weighted by molar-refractivity contribution is 5.76. The van der Waals surface area contributed by atoms with Crippen molar-refractivity contribution in [3.63, 3.8) is 0 Å². The van der Waals surface area contributed by atoms with Crippen LogP contribution in [0.25, 0.3) is 0 Å². The minimum absolute atomic E-state index is 0.000355. The van der Waals surface area contributed by atoms with Gasteiger partial charge in [-0.25, -0.2) is 0 Å². The summed E-state index contributed by atoms with van der Waals surface area (Å²) < 4.78 is 12.0. The average molecular weight is 368 g/mol. The third-order valence-corrected chi connectivity index (χ3v) is 7.64. The van der Waals surface area contributed by atoms with Crippen LogP contribution >= 0.6 is 0 Å². The zero-order valence-corrected chi connectivity index (χ0v) is 15.5. The minimum Gasteiger partial charge on any atom is -0.481 e. The molecule has 4 rings (SSSR count). The summed E-state index contributed by atoms with van der Waals surface area (Å²) in [5.74, 6) is -2.18. The van der Waals surface area contributed by atoms with Crippen LogP contribution in [0.1, 0.15) is 52.9 Å². The second-order valence-corrected chi connectivity index (χ2v) is 9.47. The number of aliphatic hydroxyl groups excluding tert-OH is 1. The summed E-state index contributed by atoms with van der Waals surface area (Å²) in [6.45, 7) is 6.08. The molecule has 7 nitrogen and oxygen atoms in total. The monoisotopic (exact) mass is 368 g/mol. The number of esters is 1. The number of carboxylic acids is 1. The Labute approximate surface area is 152 Å². The van der Waals surface area contributed by atoms with Crippen LogP contribution in [-0.2, 0) is 19.1 Å². The average Bonchev–Trinajstić information content (AvgIpc) is 2.89. The zero-order chi connectivity index (χ0) is 19.1. The van der Waals surface area contributed by atoms with E-state index in [1.165, 1.54) is 0 Å². The van der Waals surface area contributed by atoms with Gasteiger partial charge in [-0.1, -0.05) is 13.8 Å². The number of rotatable bonds is 4. The first-order chi connectivity index (χ1) is 12.0. The fraction of sp³-hybridized carbons (Fsp3) is 0.895. The van der Waals surface area contributed by atoms with E-state index in [1.807, 2.05) is 0 Å². The van der Waals surface area contributed by atoms with Crippen LogP contribution < -0.4 is 0 Å². The summed E-state index contributed by atoms with van der Waals surface area (Å²) in [5, 5.41) is 30.8. The molecule has 2 bridgehead atoms. The Morgan fingerprint density at radius 1 is 1.19 bits per heavy atom. The molecule has 1 spiro atoms. The van der Waals surface area contributed by atoms with E-state index in [0.717, 1.165) is 12.8 Å². The maximum Gasteiger partial charge on any atom is 0.306 e. The molecule has 2 aliphatic heterocycles. The van der Waals surface area contributed by atoms with Crippen LogP contribution in [0.2, 0.25) is 0 Å². The van der Waals surface area contributed by atoms with Gasteiger partial charge in [0.15, 0.2) is 0 Å². The van der Waals surface area contributed by atoms with Gasteiger partial charge in [0, 0.05) is 5.92 Å². The molecule has 0 amide bonds. The van der Waals surface area contributed by atoms with Crippen LogP contribution in [0, 0.1) is 23.2 Å². The van der Waals surface area contributed by atoms with E-state index in [-0.39, 0.29) is 41.8 Å². The van der Waals surface area contributed by atoms with Crippen molar-refractivity contribution in [3.05, 3.63) is 0 Å². The molecule has 0 radical (unpaired) electrons. The molecule has 2 saturated carbocycles. The fourth-order valence-corrected chi connectivity index (χ4v) is 6.32. The van der Waals surface area contributed by atoms with Crippen molar-refractivity contribution in [2.75, 3.05) is 0 Å². The Bertz CT molecular complexity index is 642. The van der Waals surface area contributed by atoms with E-state index < -0.39 is 35.7 Å². The lowest BCUT2D eigenvalue weighted by Gasteiger charge is -2.59. The van der Waals surface area contributed by atoms with Crippen LogP contribution in [0.4, 0.5) is 0 Å². The molecule has 0 aromatic carbocycles. The highest BCUT2D eigenvalue weighted by Gasteiger charge is 2.77. The number of aliphatic carboxylic acids is 1. The van der Waals surface area contributed by atoms with Crippen molar-refractivity contribution in [3.8, 4) is 0 Å². The molecular weight excluding hydrogens is 340 g/mol. The van der Waals surface area contributed by atoms with Gasteiger partial charge in [0.2, 0.25) is 0 Å². The summed E-state index contributed by atoms with van der Waals surface area (Å²) in [6.07, 6.45) is -0.459. The second kappa shape index (κ2) is 5.42. The predicted molar refractivity (Wildman–Crippen MR) is 89.1 cm³/mol. The molecule has 7 heteroatoms. The first-order valence-corrected chi connectivity index (χ1v) is 9.50. The van der Waals surface area contributed by atoms with Crippen molar-refractivity contribution in [1.29, 1.82) is 0 Å². The van der Waals surface area contributed by atoms with Crippen molar-refractivity contribution >= 4 is 11.9 Å². The molecule has 2 saturated heterocycles. The molecule has 146 valence electrons. The van der Waals surface area contributed by atoms with Gasteiger partial charge in [-0.05, 0) is 37.5 Å². The number of hydrogen-bond acceptors (Lipinski definition) is 6. The minimum atomic E-state index is -1.11. The van der Waals surface area contributed by atoms with Gasteiger partial charge in [-0.3, -0.25) is 9.59 Å². The Balaban J connectivity index is 1.61. The maximum absolute atomic E-state index is 12.1.